The van der Waals surface area contributed by atoms with Gasteiger partial charge in [-0.1, -0.05) is 11.6 Å². The molecule has 14 heavy (non-hydrogen) atoms. The van der Waals surface area contributed by atoms with Crippen molar-refractivity contribution in [2.75, 3.05) is 13.7 Å². The Bertz CT molecular complexity index is 321. The predicted molar refractivity (Wildman–Crippen MR) is 56.1 cm³/mol. The van der Waals surface area contributed by atoms with Gasteiger partial charge in [0.1, 0.15) is 5.75 Å². The highest BCUT2D eigenvalue weighted by Crippen LogP contribution is 2.26. The predicted octanol–water partition coefficient (Wildman–Crippen LogP) is 2.68. The fourth-order valence-electron chi connectivity index (χ4n) is 1.49. The van der Waals surface area contributed by atoms with E-state index >= 15 is 0 Å². The maximum Gasteiger partial charge on any atom is 0.122 e. The standard InChI is InChI=1S/C11H13ClO2/c1-13-11-5-3-9(12)6-8(11)2-4-10-7-14-10/h3,5-6,10H,2,4,7H2,1H3. The number of ether oxygens (including phenoxy) is 2. The van der Waals surface area contributed by atoms with Crippen LogP contribution in [0.5, 0.6) is 5.75 Å². The van der Waals surface area contributed by atoms with Gasteiger partial charge in [0, 0.05) is 5.02 Å². The molecule has 0 radical (unpaired) electrons. The third kappa shape index (κ3) is 2.40. The van der Waals surface area contributed by atoms with E-state index < -0.39 is 0 Å². The maximum atomic E-state index is 5.92. The summed E-state index contributed by atoms with van der Waals surface area (Å²) in [5, 5.41) is 0.762. The van der Waals surface area contributed by atoms with Crippen molar-refractivity contribution in [2.24, 2.45) is 0 Å². The zero-order valence-electron chi connectivity index (χ0n) is 8.13. The molecule has 2 nitrogen and oxygen atoms in total. The van der Waals surface area contributed by atoms with Crippen LogP contribution in [0.3, 0.4) is 0 Å². The highest BCUT2D eigenvalue weighted by Gasteiger charge is 2.22. The van der Waals surface area contributed by atoms with Gasteiger partial charge in [-0.15, -0.1) is 0 Å². The number of methoxy groups -OCH3 is 1. The van der Waals surface area contributed by atoms with Crippen LogP contribution >= 0.6 is 11.6 Å². The van der Waals surface area contributed by atoms with Crippen molar-refractivity contribution in [1.29, 1.82) is 0 Å². The Kier molecular flexibility index (Phi) is 2.94. The lowest BCUT2D eigenvalue weighted by Gasteiger charge is -2.07. The number of hydrogen-bond donors (Lipinski definition) is 0. The first-order valence-electron chi connectivity index (χ1n) is 4.73. The van der Waals surface area contributed by atoms with Crippen molar-refractivity contribution in [3.63, 3.8) is 0 Å². The molecule has 0 amide bonds. The second-order valence-electron chi connectivity index (χ2n) is 3.45. The van der Waals surface area contributed by atoms with Crippen molar-refractivity contribution < 1.29 is 9.47 Å². The molecule has 0 spiro atoms. The Labute approximate surface area is 88.8 Å². The summed E-state index contributed by atoms with van der Waals surface area (Å²) in [4.78, 5) is 0. The number of aryl methyl sites for hydroxylation is 1. The van der Waals surface area contributed by atoms with Crippen molar-refractivity contribution in [3.8, 4) is 5.75 Å². The summed E-state index contributed by atoms with van der Waals surface area (Å²) in [6.45, 7) is 0.906. The van der Waals surface area contributed by atoms with Crippen molar-refractivity contribution in [1.82, 2.24) is 0 Å². The lowest BCUT2D eigenvalue weighted by Crippen LogP contribution is -1.95. The largest absolute Gasteiger partial charge is 0.496 e. The van der Waals surface area contributed by atoms with Crippen LogP contribution in [0, 0.1) is 0 Å². The van der Waals surface area contributed by atoms with E-state index in [9.17, 15) is 0 Å². The van der Waals surface area contributed by atoms with Gasteiger partial charge >= 0.3 is 0 Å². The first-order chi connectivity index (χ1) is 6.79. The molecule has 1 fully saturated rings. The fourth-order valence-corrected chi connectivity index (χ4v) is 1.69. The average Bonchev–Trinajstić information content (AvgIpc) is 2.98. The van der Waals surface area contributed by atoms with Gasteiger partial charge in [0.2, 0.25) is 0 Å². The van der Waals surface area contributed by atoms with Crippen LogP contribution in [0.1, 0.15) is 12.0 Å². The van der Waals surface area contributed by atoms with E-state index in [2.05, 4.69) is 0 Å². The van der Waals surface area contributed by atoms with Gasteiger partial charge in [0.25, 0.3) is 0 Å². The van der Waals surface area contributed by atoms with E-state index in [0.29, 0.717) is 6.10 Å². The molecular weight excluding hydrogens is 200 g/mol. The Morgan fingerprint density at radius 3 is 3.00 bits per heavy atom. The molecule has 3 heteroatoms. The molecule has 0 aromatic heterocycles. The van der Waals surface area contributed by atoms with E-state index in [1.54, 1.807) is 7.11 Å². The normalized spacial score (nSPS) is 19.4. The molecule has 0 bridgehead atoms. The summed E-state index contributed by atoms with van der Waals surface area (Å²) < 4.78 is 10.4. The van der Waals surface area contributed by atoms with Gasteiger partial charge in [-0.2, -0.15) is 0 Å². The third-order valence-electron chi connectivity index (χ3n) is 2.38. The van der Waals surface area contributed by atoms with Crippen molar-refractivity contribution in [3.05, 3.63) is 28.8 Å². The third-order valence-corrected chi connectivity index (χ3v) is 2.62. The lowest BCUT2D eigenvalue weighted by molar-refractivity contribution is 0.389. The highest BCUT2D eigenvalue weighted by atomic mass is 35.5. The zero-order valence-corrected chi connectivity index (χ0v) is 8.88. The Hall–Kier alpha value is -0.730. The molecular formula is C11H13ClO2. The van der Waals surface area contributed by atoms with E-state index in [1.807, 2.05) is 18.2 Å². The molecule has 1 aliphatic heterocycles. The minimum absolute atomic E-state index is 0.457. The first-order valence-corrected chi connectivity index (χ1v) is 5.11. The second-order valence-corrected chi connectivity index (χ2v) is 3.89. The van der Waals surface area contributed by atoms with Gasteiger partial charge < -0.3 is 9.47 Å². The van der Waals surface area contributed by atoms with Gasteiger partial charge in [-0.25, -0.2) is 0 Å². The highest BCUT2D eigenvalue weighted by molar-refractivity contribution is 6.30. The molecule has 1 heterocycles. The lowest BCUT2D eigenvalue weighted by atomic mass is 10.1. The van der Waals surface area contributed by atoms with Crippen LogP contribution in [0.15, 0.2) is 18.2 Å². The molecule has 1 saturated heterocycles. The van der Waals surface area contributed by atoms with Crippen LogP contribution < -0.4 is 4.74 Å². The number of epoxide rings is 1. The molecule has 76 valence electrons. The van der Waals surface area contributed by atoms with Crippen molar-refractivity contribution in [2.45, 2.75) is 18.9 Å². The second kappa shape index (κ2) is 4.20. The molecule has 0 saturated carbocycles. The molecule has 0 aliphatic carbocycles. The number of hydrogen-bond acceptors (Lipinski definition) is 2. The van der Waals surface area contributed by atoms with E-state index in [4.69, 9.17) is 21.1 Å². The van der Waals surface area contributed by atoms with Gasteiger partial charge in [0.15, 0.2) is 0 Å². The average molecular weight is 213 g/mol. The van der Waals surface area contributed by atoms with E-state index in [1.165, 1.54) is 0 Å². The molecule has 1 atom stereocenters. The Balaban J connectivity index is 2.07. The van der Waals surface area contributed by atoms with Crippen LogP contribution in [0.4, 0.5) is 0 Å². The van der Waals surface area contributed by atoms with Crippen LogP contribution in [-0.2, 0) is 11.2 Å². The first kappa shape index (κ1) is 9.81. The summed E-state index contributed by atoms with van der Waals surface area (Å²) in [5.74, 6) is 0.912. The number of rotatable bonds is 4. The molecule has 1 unspecified atom stereocenters. The van der Waals surface area contributed by atoms with Crippen LogP contribution in [0.25, 0.3) is 0 Å². The summed E-state index contributed by atoms with van der Waals surface area (Å²) in [6.07, 6.45) is 2.48. The molecule has 1 aromatic carbocycles. The molecule has 1 aromatic rings. The summed E-state index contributed by atoms with van der Waals surface area (Å²) in [7, 11) is 1.68. The van der Waals surface area contributed by atoms with E-state index in [0.717, 1.165) is 35.8 Å². The number of benzene rings is 1. The smallest absolute Gasteiger partial charge is 0.122 e. The topological polar surface area (TPSA) is 21.8 Å². The summed E-state index contributed by atoms with van der Waals surface area (Å²) in [5.41, 5.74) is 1.16. The minimum atomic E-state index is 0.457. The van der Waals surface area contributed by atoms with Crippen molar-refractivity contribution >= 4 is 11.6 Å². The monoisotopic (exact) mass is 212 g/mol. The van der Waals surface area contributed by atoms with Gasteiger partial charge in [0.05, 0.1) is 19.8 Å². The quantitative estimate of drug-likeness (QED) is 0.716. The van der Waals surface area contributed by atoms with E-state index in [-0.39, 0.29) is 0 Å². The van der Waals surface area contributed by atoms with Crippen LogP contribution in [-0.4, -0.2) is 19.8 Å². The summed E-state index contributed by atoms with van der Waals surface area (Å²) >= 11 is 5.92. The molecule has 0 N–H and O–H groups in total. The molecule has 1 aliphatic rings. The van der Waals surface area contributed by atoms with Gasteiger partial charge in [-0.3, -0.25) is 0 Å². The maximum absolute atomic E-state index is 5.92. The van der Waals surface area contributed by atoms with Gasteiger partial charge in [-0.05, 0) is 36.6 Å². The minimum Gasteiger partial charge on any atom is -0.496 e. The Morgan fingerprint density at radius 1 is 1.57 bits per heavy atom. The SMILES string of the molecule is COc1ccc(Cl)cc1CCC1CO1. The number of halogens is 1. The fraction of sp³-hybridized carbons (Fsp3) is 0.455. The zero-order chi connectivity index (χ0) is 9.97. The van der Waals surface area contributed by atoms with Crippen LogP contribution in [0.2, 0.25) is 5.02 Å². The molecule has 2 rings (SSSR count). The Morgan fingerprint density at radius 2 is 2.36 bits per heavy atom. The summed E-state index contributed by atoms with van der Waals surface area (Å²) in [6, 6.07) is 5.71.